The average Bonchev–Trinajstić information content (AvgIpc) is 2.82. The van der Waals surface area contributed by atoms with Gasteiger partial charge in [0.1, 0.15) is 12.1 Å². The molecule has 0 spiro atoms. The van der Waals surface area contributed by atoms with Crippen LogP contribution in [0.5, 0.6) is 0 Å². The summed E-state index contributed by atoms with van der Waals surface area (Å²) in [5.41, 5.74) is 1.01. The topological polar surface area (TPSA) is 64.6 Å². The molecular weight excluding hydrogens is 473 g/mol. The van der Waals surface area contributed by atoms with Crippen molar-refractivity contribution in [2.45, 2.75) is 69.9 Å². The predicted octanol–water partition coefficient (Wildman–Crippen LogP) is 7.25. The number of benzene rings is 2. The van der Waals surface area contributed by atoms with E-state index in [2.05, 4.69) is 5.32 Å². The first-order chi connectivity index (χ1) is 16.2. The minimum absolute atomic E-state index is 0.379. The second-order valence-electron chi connectivity index (χ2n) is 9.53. The van der Waals surface area contributed by atoms with Gasteiger partial charge in [0.2, 0.25) is 0 Å². The molecule has 0 bridgehead atoms. The Kier molecular flexibility index (Phi) is 9.26. The third kappa shape index (κ3) is 6.89. The van der Waals surface area contributed by atoms with Crippen molar-refractivity contribution in [3.8, 4) is 0 Å². The Morgan fingerprint density at radius 1 is 1.03 bits per heavy atom. The minimum atomic E-state index is -0.755. The molecule has 0 saturated heterocycles. The molecule has 0 radical (unpaired) electrons. The van der Waals surface area contributed by atoms with Gasteiger partial charge in [-0.2, -0.15) is 0 Å². The summed E-state index contributed by atoms with van der Waals surface area (Å²) < 4.78 is 11.0. The minimum Gasteiger partial charge on any atom is -0.467 e. The number of methoxy groups -OCH3 is 1. The summed E-state index contributed by atoms with van der Waals surface area (Å²) >= 11 is 12.5. The fourth-order valence-electron chi connectivity index (χ4n) is 4.74. The van der Waals surface area contributed by atoms with Gasteiger partial charge in [0.25, 0.3) is 0 Å². The van der Waals surface area contributed by atoms with E-state index in [0.29, 0.717) is 22.4 Å². The number of ether oxygens (including phenoxy) is 2. The second kappa shape index (κ2) is 11.9. The van der Waals surface area contributed by atoms with Crippen LogP contribution in [0.2, 0.25) is 10.0 Å². The largest absolute Gasteiger partial charge is 0.467 e. The van der Waals surface area contributed by atoms with E-state index in [1.165, 1.54) is 13.5 Å². The van der Waals surface area contributed by atoms with Gasteiger partial charge in [-0.1, -0.05) is 93.4 Å². The zero-order valence-electron chi connectivity index (χ0n) is 20.0. The lowest BCUT2D eigenvalue weighted by molar-refractivity contribution is -0.143. The predicted molar refractivity (Wildman–Crippen MR) is 135 cm³/mol. The Hall–Kier alpha value is -2.24. The third-order valence-electron chi connectivity index (χ3n) is 6.67. The maximum atomic E-state index is 13.1. The number of halogens is 2. The van der Waals surface area contributed by atoms with E-state index >= 15 is 0 Å². The van der Waals surface area contributed by atoms with Crippen LogP contribution in [0.4, 0.5) is 4.79 Å². The van der Waals surface area contributed by atoms with E-state index in [0.717, 1.165) is 36.8 Å². The molecule has 3 rings (SSSR count). The van der Waals surface area contributed by atoms with Gasteiger partial charge in [0, 0.05) is 15.5 Å². The monoisotopic (exact) mass is 505 g/mol. The summed E-state index contributed by atoms with van der Waals surface area (Å²) in [6.45, 7) is 3.97. The lowest BCUT2D eigenvalue weighted by Gasteiger charge is -2.35. The molecule has 1 N–H and O–H groups in total. The first kappa shape index (κ1) is 26.4. The number of carbonyl (C=O) groups is 2. The number of amides is 1. The molecule has 1 aliphatic rings. The first-order valence-corrected chi connectivity index (χ1v) is 12.5. The van der Waals surface area contributed by atoms with Crippen LogP contribution in [0.3, 0.4) is 0 Å². The summed E-state index contributed by atoms with van der Waals surface area (Å²) in [4.78, 5) is 25.6. The molecule has 2 aromatic carbocycles. The van der Waals surface area contributed by atoms with E-state index < -0.39 is 29.6 Å². The van der Waals surface area contributed by atoms with Crippen molar-refractivity contribution >= 4 is 35.3 Å². The molecule has 0 aromatic heterocycles. The number of rotatable bonds is 8. The van der Waals surface area contributed by atoms with Gasteiger partial charge in [-0.05, 0) is 47.7 Å². The van der Waals surface area contributed by atoms with Gasteiger partial charge in [0.15, 0.2) is 0 Å². The Balaban J connectivity index is 1.84. The van der Waals surface area contributed by atoms with Crippen molar-refractivity contribution in [3.05, 3.63) is 69.7 Å². The van der Waals surface area contributed by atoms with Crippen LogP contribution in [-0.4, -0.2) is 25.2 Å². The fraction of sp³-hybridized carbons (Fsp3) is 0.481. The van der Waals surface area contributed by atoms with Crippen molar-refractivity contribution in [1.82, 2.24) is 5.32 Å². The number of nitrogens with one attached hydrogen (secondary N) is 1. The number of hydrogen-bond acceptors (Lipinski definition) is 4. The van der Waals surface area contributed by atoms with Gasteiger partial charge >= 0.3 is 12.1 Å². The normalized spacial score (nSPS) is 16.4. The molecule has 1 aliphatic carbocycles. The molecular formula is C27H33Cl2NO4. The molecule has 5 nitrogen and oxygen atoms in total. The third-order valence-corrected chi connectivity index (χ3v) is 7.14. The molecule has 2 atom stereocenters. The van der Waals surface area contributed by atoms with Crippen molar-refractivity contribution in [1.29, 1.82) is 0 Å². The van der Waals surface area contributed by atoms with Crippen molar-refractivity contribution in [3.63, 3.8) is 0 Å². The summed E-state index contributed by atoms with van der Waals surface area (Å²) in [6, 6.07) is 14.0. The number of alkyl carbamates (subject to hydrolysis) is 1. The van der Waals surface area contributed by atoms with E-state index in [1.807, 2.05) is 44.2 Å². The van der Waals surface area contributed by atoms with Crippen LogP contribution in [0, 0.1) is 5.92 Å². The second-order valence-corrected chi connectivity index (χ2v) is 10.4. The Labute approximate surface area is 212 Å². The van der Waals surface area contributed by atoms with Crippen molar-refractivity contribution in [2.75, 3.05) is 7.11 Å². The summed E-state index contributed by atoms with van der Waals surface area (Å²) in [5, 5.41) is 3.91. The average molecular weight is 506 g/mol. The van der Waals surface area contributed by atoms with Gasteiger partial charge in [0.05, 0.1) is 7.11 Å². The zero-order valence-corrected chi connectivity index (χ0v) is 21.5. The van der Waals surface area contributed by atoms with Gasteiger partial charge in [-0.15, -0.1) is 0 Å². The van der Waals surface area contributed by atoms with Crippen LogP contribution in [-0.2, 0) is 19.7 Å². The van der Waals surface area contributed by atoms with Crippen LogP contribution >= 0.6 is 23.2 Å². The highest BCUT2D eigenvalue weighted by Crippen LogP contribution is 2.41. The number of carbonyl (C=O) groups excluding carboxylic acids is 2. The SMILES string of the molecule is COC(=O)[C@H](CC1CCCCC1)NC(=O)OC(c1cccc(Cl)c1)C(C)(C)c1cccc(Cl)c1. The van der Waals surface area contributed by atoms with Gasteiger partial charge in [-0.3, -0.25) is 0 Å². The molecule has 1 saturated carbocycles. The highest BCUT2D eigenvalue weighted by molar-refractivity contribution is 6.30. The Bertz CT molecular complexity index is 988. The maximum Gasteiger partial charge on any atom is 0.408 e. The van der Waals surface area contributed by atoms with Crippen LogP contribution in [0.1, 0.15) is 69.6 Å². The molecule has 0 aliphatic heterocycles. The lowest BCUT2D eigenvalue weighted by atomic mass is 9.76. The van der Waals surface area contributed by atoms with Crippen LogP contribution in [0.15, 0.2) is 48.5 Å². The van der Waals surface area contributed by atoms with Crippen molar-refractivity contribution < 1.29 is 19.1 Å². The highest BCUT2D eigenvalue weighted by atomic mass is 35.5. The highest BCUT2D eigenvalue weighted by Gasteiger charge is 2.37. The molecule has 7 heteroatoms. The molecule has 1 unspecified atom stereocenters. The molecule has 0 heterocycles. The maximum absolute atomic E-state index is 13.1. The van der Waals surface area contributed by atoms with E-state index in [1.54, 1.807) is 18.2 Å². The van der Waals surface area contributed by atoms with Crippen LogP contribution in [0.25, 0.3) is 0 Å². The lowest BCUT2D eigenvalue weighted by Crippen LogP contribution is -2.44. The van der Waals surface area contributed by atoms with E-state index in [-0.39, 0.29) is 0 Å². The Morgan fingerprint density at radius 3 is 2.29 bits per heavy atom. The molecule has 2 aromatic rings. The molecule has 34 heavy (non-hydrogen) atoms. The summed E-state index contributed by atoms with van der Waals surface area (Å²) in [5.74, 6) is -0.0827. The van der Waals surface area contributed by atoms with Crippen molar-refractivity contribution in [2.24, 2.45) is 5.92 Å². The number of esters is 1. The van der Waals surface area contributed by atoms with Gasteiger partial charge < -0.3 is 14.8 Å². The first-order valence-electron chi connectivity index (χ1n) is 11.8. The van der Waals surface area contributed by atoms with Gasteiger partial charge in [-0.25, -0.2) is 9.59 Å². The quantitative estimate of drug-likeness (QED) is 0.383. The summed E-state index contributed by atoms with van der Waals surface area (Å²) in [6.07, 6.45) is 4.80. The number of hydrogen-bond donors (Lipinski definition) is 1. The van der Waals surface area contributed by atoms with Crippen LogP contribution < -0.4 is 5.32 Å². The van der Waals surface area contributed by atoms with E-state index in [9.17, 15) is 9.59 Å². The Morgan fingerprint density at radius 2 is 1.68 bits per heavy atom. The molecule has 1 fully saturated rings. The van der Waals surface area contributed by atoms with E-state index in [4.69, 9.17) is 32.7 Å². The fourth-order valence-corrected chi connectivity index (χ4v) is 5.13. The smallest absolute Gasteiger partial charge is 0.408 e. The zero-order chi connectivity index (χ0) is 24.7. The molecule has 184 valence electrons. The summed E-state index contributed by atoms with van der Waals surface area (Å²) in [7, 11) is 1.33. The standard InChI is InChI=1S/C27H33Cl2NO4/c1-27(2,20-12-8-14-22(29)17-20)24(19-11-7-13-21(28)16-19)34-26(32)30-23(25(31)33-3)15-18-9-5-4-6-10-18/h7-8,11-14,16-18,23-24H,4-6,9-10,15H2,1-3H3,(H,30,32)/t23-,24?/m0/s1. The molecule has 1 amide bonds.